The molecular weight excluding hydrogens is 128 g/mol. The van der Waals surface area contributed by atoms with Crippen molar-refractivity contribution in [2.75, 3.05) is 6.61 Å². The highest BCUT2D eigenvalue weighted by Crippen LogP contribution is 2.06. The first kappa shape index (κ1) is 9.24. The topological polar surface area (TPSA) is 26.3 Å². The Kier molecular flexibility index (Phi) is 5.19. The van der Waals surface area contributed by atoms with Crippen molar-refractivity contribution in [2.45, 2.75) is 25.7 Å². The molecule has 0 saturated carbocycles. The molecule has 0 unspecified atom stereocenters. The van der Waals surface area contributed by atoms with E-state index in [0.29, 0.717) is 13.0 Å². The number of ether oxygens (including phenoxy) is 1. The van der Waals surface area contributed by atoms with E-state index >= 15 is 0 Å². The molecule has 1 fully saturated rings. The molecule has 0 spiro atoms. The molecular formula is C6H12MgO2. The zero-order valence-corrected chi connectivity index (χ0v) is 4.85. The van der Waals surface area contributed by atoms with Crippen LogP contribution in [-0.4, -0.2) is 35.6 Å². The van der Waals surface area contributed by atoms with E-state index in [1.807, 2.05) is 0 Å². The largest absolute Gasteiger partial charge is 0.466 e. The van der Waals surface area contributed by atoms with Gasteiger partial charge in [0.1, 0.15) is 0 Å². The van der Waals surface area contributed by atoms with Crippen LogP contribution in [0.25, 0.3) is 0 Å². The highest BCUT2D eigenvalue weighted by molar-refractivity contribution is 5.75. The lowest BCUT2D eigenvalue weighted by Crippen LogP contribution is -2.00. The van der Waals surface area contributed by atoms with Crippen LogP contribution in [0, 0.1) is 0 Å². The number of hydrogen-bond donors (Lipinski definition) is 0. The molecule has 9 heavy (non-hydrogen) atoms. The maximum Gasteiger partial charge on any atom is 0.316 e. The van der Waals surface area contributed by atoms with Crippen LogP contribution in [0.1, 0.15) is 25.7 Å². The lowest BCUT2D eigenvalue weighted by molar-refractivity contribution is -0.142. The van der Waals surface area contributed by atoms with Gasteiger partial charge in [-0.1, -0.05) is 0 Å². The van der Waals surface area contributed by atoms with Crippen LogP contribution in [0.2, 0.25) is 0 Å². The summed E-state index contributed by atoms with van der Waals surface area (Å²) in [5.74, 6) is -0.0255. The minimum atomic E-state index is -0.0255. The van der Waals surface area contributed by atoms with E-state index < -0.39 is 0 Å². The van der Waals surface area contributed by atoms with Gasteiger partial charge in [-0.2, -0.15) is 0 Å². The maximum atomic E-state index is 10.5. The van der Waals surface area contributed by atoms with E-state index in [1.165, 1.54) is 0 Å². The number of cyclic esters (lactones) is 1. The number of carbonyl (C=O) groups is 1. The molecule has 1 aliphatic heterocycles. The second-order valence-electron chi connectivity index (χ2n) is 2.03. The Morgan fingerprint density at radius 1 is 1.22 bits per heavy atom. The van der Waals surface area contributed by atoms with Crippen molar-refractivity contribution in [1.82, 2.24) is 0 Å². The summed E-state index contributed by atoms with van der Waals surface area (Å²) in [7, 11) is 0. The van der Waals surface area contributed by atoms with Crippen molar-refractivity contribution in [3.05, 3.63) is 0 Å². The molecule has 2 nitrogen and oxygen atoms in total. The SMILES string of the molecule is O=C1CCCCCO1.[MgH2]. The summed E-state index contributed by atoms with van der Waals surface area (Å²) in [4.78, 5) is 10.5. The molecule has 0 aliphatic carbocycles. The van der Waals surface area contributed by atoms with E-state index in [4.69, 9.17) is 4.74 Å². The number of esters is 1. The van der Waals surface area contributed by atoms with Crippen molar-refractivity contribution in [2.24, 2.45) is 0 Å². The molecule has 3 heteroatoms. The fourth-order valence-electron chi connectivity index (χ4n) is 0.806. The number of carbonyl (C=O) groups excluding carboxylic acids is 1. The van der Waals surface area contributed by atoms with Crippen molar-refractivity contribution in [3.8, 4) is 0 Å². The minimum absolute atomic E-state index is 0. The summed E-state index contributed by atoms with van der Waals surface area (Å²) in [6, 6.07) is 0. The molecule has 1 heterocycles. The van der Waals surface area contributed by atoms with E-state index in [2.05, 4.69) is 0 Å². The van der Waals surface area contributed by atoms with Gasteiger partial charge in [0.15, 0.2) is 0 Å². The maximum absolute atomic E-state index is 10.5. The molecule has 0 aromatic rings. The molecule has 1 rings (SSSR count). The number of rotatable bonds is 0. The molecule has 0 aromatic carbocycles. The zero-order chi connectivity index (χ0) is 5.82. The summed E-state index contributed by atoms with van der Waals surface area (Å²) in [5, 5.41) is 0. The van der Waals surface area contributed by atoms with E-state index in [1.54, 1.807) is 0 Å². The van der Waals surface area contributed by atoms with E-state index in [9.17, 15) is 4.79 Å². The second-order valence-corrected chi connectivity index (χ2v) is 2.03. The third-order valence-electron chi connectivity index (χ3n) is 1.29. The molecule has 1 saturated heterocycles. The Morgan fingerprint density at radius 3 is 2.78 bits per heavy atom. The first-order chi connectivity index (χ1) is 3.89. The molecule has 1 aliphatic rings. The van der Waals surface area contributed by atoms with Gasteiger partial charge < -0.3 is 4.74 Å². The van der Waals surface area contributed by atoms with Gasteiger partial charge in [-0.15, -0.1) is 0 Å². The first-order valence-electron chi connectivity index (χ1n) is 3.05. The van der Waals surface area contributed by atoms with Crippen LogP contribution >= 0.6 is 0 Å². The van der Waals surface area contributed by atoms with Crippen LogP contribution in [0.15, 0.2) is 0 Å². The quantitative estimate of drug-likeness (QED) is 0.355. The molecule has 0 radical (unpaired) electrons. The van der Waals surface area contributed by atoms with Crippen LogP contribution in [-0.2, 0) is 9.53 Å². The third kappa shape index (κ3) is 3.75. The van der Waals surface area contributed by atoms with E-state index in [-0.39, 0.29) is 29.0 Å². The van der Waals surface area contributed by atoms with E-state index in [0.717, 1.165) is 19.3 Å². The molecule has 0 atom stereocenters. The second kappa shape index (κ2) is 5.06. The van der Waals surface area contributed by atoms with Gasteiger partial charge in [0, 0.05) is 6.42 Å². The van der Waals surface area contributed by atoms with Crippen molar-refractivity contribution in [1.29, 1.82) is 0 Å². The predicted octanol–water partition coefficient (Wildman–Crippen LogP) is 0.187. The molecule has 0 bridgehead atoms. The molecule has 0 N–H and O–H groups in total. The van der Waals surface area contributed by atoms with Gasteiger partial charge in [0.25, 0.3) is 0 Å². The number of hydrogen-bond acceptors (Lipinski definition) is 2. The van der Waals surface area contributed by atoms with Crippen LogP contribution in [0.4, 0.5) is 0 Å². The first-order valence-corrected chi connectivity index (χ1v) is 3.05. The summed E-state index contributed by atoms with van der Waals surface area (Å²) in [5.41, 5.74) is 0. The Labute approximate surface area is 71.1 Å². The molecule has 50 valence electrons. The van der Waals surface area contributed by atoms with Gasteiger partial charge in [-0.05, 0) is 19.3 Å². The highest BCUT2D eigenvalue weighted by atomic mass is 24.3. The summed E-state index contributed by atoms with van der Waals surface area (Å²) in [6.45, 7) is 0.638. The van der Waals surface area contributed by atoms with Gasteiger partial charge in [0.2, 0.25) is 0 Å². The summed E-state index contributed by atoms with van der Waals surface area (Å²) in [6.07, 6.45) is 3.83. The smallest absolute Gasteiger partial charge is 0.316 e. The average molecular weight is 140 g/mol. The molecule has 0 aromatic heterocycles. The highest BCUT2D eigenvalue weighted by Gasteiger charge is 2.05. The van der Waals surface area contributed by atoms with Crippen LogP contribution in [0.3, 0.4) is 0 Å². The van der Waals surface area contributed by atoms with Gasteiger partial charge in [-0.25, -0.2) is 0 Å². The third-order valence-corrected chi connectivity index (χ3v) is 1.29. The lowest BCUT2D eigenvalue weighted by Gasteiger charge is -1.93. The minimum Gasteiger partial charge on any atom is -0.466 e. The Bertz CT molecular complexity index is 83.1. The van der Waals surface area contributed by atoms with Crippen LogP contribution < -0.4 is 0 Å². The van der Waals surface area contributed by atoms with Crippen molar-refractivity contribution in [3.63, 3.8) is 0 Å². The van der Waals surface area contributed by atoms with Crippen LogP contribution in [0.5, 0.6) is 0 Å². The fourth-order valence-corrected chi connectivity index (χ4v) is 0.806. The predicted molar refractivity (Wildman–Crippen MR) is 38.0 cm³/mol. The molecule has 0 amide bonds. The van der Waals surface area contributed by atoms with Gasteiger partial charge in [-0.3, -0.25) is 4.79 Å². The van der Waals surface area contributed by atoms with Gasteiger partial charge >= 0.3 is 29.0 Å². The zero-order valence-electron chi connectivity index (χ0n) is 4.85. The summed E-state index contributed by atoms with van der Waals surface area (Å²) < 4.78 is 4.76. The Balaban J connectivity index is 0.000000640. The summed E-state index contributed by atoms with van der Waals surface area (Å²) >= 11 is 0. The standard InChI is InChI=1S/C6H10O2.Mg.2H/c7-6-4-2-1-3-5-8-6;;;/h1-5H2;;;. The van der Waals surface area contributed by atoms with Crippen molar-refractivity contribution < 1.29 is 9.53 Å². The Morgan fingerprint density at radius 2 is 2.00 bits per heavy atom. The Hall–Kier alpha value is 0.236. The fraction of sp³-hybridized carbons (Fsp3) is 0.833. The van der Waals surface area contributed by atoms with Gasteiger partial charge in [0.05, 0.1) is 6.61 Å². The normalized spacial score (nSPS) is 19.3. The van der Waals surface area contributed by atoms with Crippen molar-refractivity contribution >= 4 is 29.0 Å². The average Bonchev–Trinajstić information content (AvgIpc) is 1.94. The monoisotopic (exact) mass is 140 g/mol. The lowest BCUT2D eigenvalue weighted by atomic mass is 10.2.